The molecule has 1 aliphatic rings. The Balaban J connectivity index is 1.65. The Morgan fingerprint density at radius 2 is 1.65 bits per heavy atom. The summed E-state index contributed by atoms with van der Waals surface area (Å²) in [6.07, 6.45) is 2.95. The molecule has 0 radical (unpaired) electrons. The molecule has 2 N–H and O–H groups in total. The number of benzene rings is 2. The van der Waals surface area contributed by atoms with Gasteiger partial charge >= 0.3 is 12.1 Å². The molecule has 1 aliphatic carbocycles. The van der Waals surface area contributed by atoms with Crippen molar-refractivity contribution in [2.45, 2.75) is 65.9 Å². The fourth-order valence-corrected chi connectivity index (χ4v) is 4.96. The van der Waals surface area contributed by atoms with Gasteiger partial charge < -0.3 is 14.8 Å². The second kappa shape index (κ2) is 13.1. The normalized spacial score (nSPS) is 18.7. The first-order valence-corrected chi connectivity index (χ1v) is 13.0. The van der Waals surface area contributed by atoms with Crippen LogP contribution in [0, 0.1) is 18.8 Å². The zero-order valence-electron chi connectivity index (χ0n) is 22.4. The lowest BCUT2D eigenvalue weighted by Crippen LogP contribution is -2.36. The maximum Gasteiger partial charge on any atom is 0.411 e. The van der Waals surface area contributed by atoms with Crippen LogP contribution in [0.25, 0.3) is 5.57 Å². The third-order valence-electron chi connectivity index (χ3n) is 7.16. The predicted octanol–water partition coefficient (Wildman–Crippen LogP) is 6.54. The highest BCUT2D eigenvalue weighted by Gasteiger charge is 2.36. The lowest BCUT2D eigenvalue weighted by Gasteiger charge is -2.28. The summed E-state index contributed by atoms with van der Waals surface area (Å²) in [6.45, 7) is 7.77. The van der Waals surface area contributed by atoms with E-state index in [2.05, 4.69) is 10.6 Å². The molecule has 3 rings (SSSR count). The molecule has 3 atom stereocenters. The van der Waals surface area contributed by atoms with Gasteiger partial charge in [0.05, 0.1) is 18.9 Å². The molecule has 37 heavy (non-hydrogen) atoms. The van der Waals surface area contributed by atoms with E-state index in [-0.39, 0.29) is 23.9 Å². The zero-order chi connectivity index (χ0) is 26.9. The predicted molar refractivity (Wildman–Crippen MR) is 145 cm³/mol. The maximum absolute atomic E-state index is 12.9. The number of hydrogen-bond acceptors (Lipinski definition) is 5. The quantitative estimate of drug-likeness (QED) is 0.397. The van der Waals surface area contributed by atoms with E-state index >= 15 is 0 Å². The van der Waals surface area contributed by atoms with Crippen molar-refractivity contribution < 1.29 is 23.9 Å². The van der Waals surface area contributed by atoms with Gasteiger partial charge in [-0.25, -0.2) is 4.79 Å². The summed E-state index contributed by atoms with van der Waals surface area (Å²) < 4.78 is 10.5. The summed E-state index contributed by atoms with van der Waals surface area (Å²) in [4.78, 5) is 37.7. The van der Waals surface area contributed by atoms with Crippen LogP contribution in [0.15, 0.2) is 54.2 Å². The van der Waals surface area contributed by atoms with Crippen molar-refractivity contribution in [1.29, 1.82) is 0 Å². The molecular weight excluding hydrogens is 468 g/mol. The molecule has 7 heteroatoms. The molecule has 0 bridgehead atoms. The van der Waals surface area contributed by atoms with E-state index in [4.69, 9.17) is 9.47 Å². The summed E-state index contributed by atoms with van der Waals surface area (Å²) in [5, 5.41) is 5.85. The monoisotopic (exact) mass is 506 g/mol. The number of esters is 1. The summed E-state index contributed by atoms with van der Waals surface area (Å²) in [7, 11) is 1.37. The van der Waals surface area contributed by atoms with Crippen molar-refractivity contribution in [3.05, 3.63) is 70.9 Å². The third-order valence-corrected chi connectivity index (χ3v) is 7.16. The molecule has 0 aromatic heterocycles. The second-order valence-corrected chi connectivity index (χ2v) is 9.57. The molecule has 0 saturated heterocycles. The van der Waals surface area contributed by atoms with Crippen LogP contribution in [0.3, 0.4) is 0 Å². The molecule has 1 fully saturated rings. The number of anilines is 1. The van der Waals surface area contributed by atoms with Gasteiger partial charge in [-0.05, 0) is 74.4 Å². The van der Waals surface area contributed by atoms with Gasteiger partial charge in [-0.3, -0.25) is 14.9 Å². The number of hydrogen-bond donors (Lipinski definition) is 2. The van der Waals surface area contributed by atoms with Crippen LogP contribution in [0.4, 0.5) is 10.5 Å². The van der Waals surface area contributed by atoms with Crippen LogP contribution in [0.1, 0.15) is 75.7 Å². The standard InChI is InChI=1S/C30H38N2O5/c1-6-27(32-30(35)37-21(4)24-12-8-7-11-19(24)2)20(3)22-15-17-23(18-16-22)31-28(33)25-13-9-10-14-26(25)29(34)36-5/h7-8,11-12,15-18,21,25-26H,6,9-10,13-14H2,1-5H3,(H,31,33)(H,32,35)/b27-20-/t21-,25?,26?/m1/s1. The van der Waals surface area contributed by atoms with E-state index in [1.807, 2.05) is 76.2 Å². The Morgan fingerprint density at radius 1 is 1.00 bits per heavy atom. The minimum Gasteiger partial charge on any atom is -0.469 e. The van der Waals surface area contributed by atoms with Crippen LogP contribution in [0.2, 0.25) is 0 Å². The molecule has 2 unspecified atom stereocenters. The molecule has 1 saturated carbocycles. The van der Waals surface area contributed by atoms with E-state index in [9.17, 15) is 14.4 Å². The third kappa shape index (κ3) is 7.21. The lowest BCUT2D eigenvalue weighted by atomic mass is 9.78. The SMILES string of the molecule is CC/C(NC(=O)O[C@H](C)c1ccccc1C)=C(\C)c1ccc(NC(=O)C2CCCCC2C(=O)OC)cc1. The Bertz CT molecular complexity index is 1140. The van der Waals surface area contributed by atoms with E-state index in [1.54, 1.807) is 0 Å². The Morgan fingerprint density at radius 3 is 2.27 bits per heavy atom. The van der Waals surface area contributed by atoms with Crippen molar-refractivity contribution in [2.75, 3.05) is 12.4 Å². The molecule has 2 amide bonds. The van der Waals surface area contributed by atoms with Gasteiger partial charge in [0.25, 0.3) is 0 Å². The topological polar surface area (TPSA) is 93.7 Å². The molecule has 198 valence electrons. The smallest absolute Gasteiger partial charge is 0.411 e. The summed E-state index contributed by atoms with van der Waals surface area (Å²) in [5.74, 6) is -1.25. The van der Waals surface area contributed by atoms with Crippen LogP contribution in [-0.2, 0) is 19.1 Å². The molecule has 0 aliphatic heterocycles. The highest BCUT2D eigenvalue weighted by molar-refractivity contribution is 5.95. The number of ether oxygens (including phenoxy) is 2. The highest BCUT2D eigenvalue weighted by atomic mass is 16.6. The number of nitrogens with one attached hydrogen (secondary N) is 2. The molecule has 0 heterocycles. The fourth-order valence-electron chi connectivity index (χ4n) is 4.96. The van der Waals surface area contributed by atoms with Gasteiger partial charge in [0, 0.05) is 11.4 Å². The average Bonchev–Trinajstić information content (AvgIpc) is 2.91. The largest absolute Gasteiger partial charge is 0.469 e. The number of rotatable bonds is 8. The average molecular weight is 507 g/mol. The van der Waals surface area contributed by atoms with Gasteiger partial charge in [-0.15, -0.1) is 0 Å². The number of alkyl carbamates (subject to hydrolysis) is 1. The minimum atomic E-state index is -0.497. The molecule has 2 aromatic carbocycles. The Hall–Kier alpha value is -3.61. The number of carbonyl (C=O) groups excluding carboxylic acids is 3. The van der Waals surface area contributed by atoms with Crippen molar-refractivity contribution in [2.24, 2.45) is 11.8 Å². The highest BCUT2D eigenvalue weighted by Crippen LogP contribution is 2.32. The molecular formula is C30H38N2O5. The van der Waals surface area contributed by atoms with Gasteiger partial charge in [0.1, 0.15) is 6.10 Å². The summed E-state index contributed by atoms with van der Waals surface area (Å²) in [5.41, 5.74) is 5.31. The lowest BCUT2D eigenvalue weighted by molar-refractivity contribution is -0.151. The van der Waals surface area contributed by atoms with Crippen LogP contribution >= 0.6 is 0 Å². The second-order valence-electron chi connectivity index (χ2n) is 9.57. The summed E-state index contributed by atoms with van der Waals surface area (Å²) >= 11 is 0. The summed E-state index contributed by atoms with van der Waals surface area (Å²) in [6, 6.07) is 15.3. The van der Waals surface area contributed by atoms with E-state index in [0.717, 1.165) is 40.8 Å². The van der Waals surface area contributed by atoms with Gasteiger partial charge in [0.15, 0.2) is 0 Å². The van der Waals surface area contributed by atoms with Crippen LogP contribution < -0.4 is 10.6 Å². The van der Waals surface area contributed by atoms with Gasteiger partial charge in [-0.1, -0.05) is 56.2 Å². The zero-order valence-corrected chi connectivity index (χ0v) is 22.4. The number of allylic oxidation sites excluding steroid dienone is 2. The van der Waals surface area contributed by atoms with E-state index < -0.39 is 12.0 Å². The number of carbonyl (C=O) groups is 3. The van der Waals surface area contributed by atoms with Gasteiger partial charge in [-0.2, -0.15) is 0 Å². The van der Waals surface area contributed by atoms with E-state index in [1.165, 1.54) is 7.11 Å². The Labute approximate surface area is 219 Å². The number of aryl methyl sites for hydroxylation is 1. The van der Waals surface area contributed by atoms with Crippen molar-refractivity contribution in [3.8, 4) is 0 Å². The molecule has 0 spiro atoms. The maximum atomic E-state index is 12.9. The van der Waals surface area contributed by atoms with Crippen LogP contribution in [0.5, 0.6) is 0 Å². The van der Waals surface area contributed by atoms with Gasteiger partial charge in [0.2, 0.25) is 5.91 Å². The molecule has 7 nitrogen and oxygen atoms in total. The van der Waals surface area contributed by atoms with E-state index in [0.29, 0.717) is 24.9 Å². The first-order valence-electron chi connectivity index (χ1n) is 13.0. The number of amides is 2. The van der Waals surface area contributed by atoms with Crippen molar-refractivity contribution >= 4 is 29.2 Å². The minimum absolute atomic E-state index is 0.156. The molecule has 2 aromatic rings. The number of methoxy groups -OCH3 is 1. The fraction of sp³-hybridized carbons (Fsp3) is 0.433. The first-order chi connectivity index (χ1) is 17.7. The van der Waals surface area contributed by atoms with Crippen LogP contribution in [-0.4, -0.2) is 25.1 Å². The first kappa shape index (κ1) is 28.0. The van der Waals surface area contributed by atoms with Crippen molar-refractivity contribution in [1.82, 2.24) is 5.32 Å². The Kier molecular flexibility index (Phi) is 9.89. The van der Waals surface area contributed by atoms with Crippen molar-refractivity contribution in [3.63, 3.8) is 0 Å².